The lowest BCUT2D eigenvalue weighted by Crippen LogP contribution is -1.97. The van der Waals surface area contributed by atoms with Crippen LogP contribution in [-0.2, 0) is 0 Å². The molecule has 1 unspecified atom stereocenters. The number of methoxy groups -OCH3 is 1. The average molecular weight is 435 g/mol. The Balaban J connectivity index is 2.41. The number of ether oxygens (including phenoxy) is 1. The second-order valence-electron chi connectivity index (χ2n) is 3.80. The lowest BCUT2D eigenvalue weighted by atomic mass is 10.0. The van der Waals surface area contributed by atoms with Crippen LogP contribution in [0.15, 0.2) is 51.4 Å². The van der Waals surface area contributed by atoms with Crippen LogP contribution in [0.2, 0.25) is 0 Å². The van der Waals surface area contributed by atoms with Crippen LogP contribution < -0.4 is 4.74 Å². The molecule has 4 heteroatoms. The summed E-state index contributed by atoms with van der Waals surface area (Å²) in [5.74, 6) is 0.878. The molecular weight excluding hydrogens is 424 g/mol. The second-order valence-corrected chi connectivity index (χ2v) is 6.55. The fraction of sp³-hybridized carbons (Fsp3) is 0.143. The smallest absolute Gasteiger partial charge is 0.123 e. The van der Waals surface area contributed by atoms with E-state index in [1.807, 2.05) is 24.3 Å². The molecule has 0 aliphatic rings. The van der Waals surface area contributed by atoms with Crippen molar-refractivity contribution in [2.45, 2.75) is 4.83 Å². The quantitative estimate of drug-likeness (QED) is 0.562. The maximum Gasteiger partial charge on any atom is 0.123 e. The van der Waals surface area contributed by atoms with Crippen molar-refractivity contribution < 1.29 is 4.74 Å². The van der Waals surface area contributed by atoms with Gasteiger partial charge in [0.15, 0.2) is 0 Å². The SMILES string of the molecule is COc1ccc(Br)cc1C(Br)c1ccc(Br)cc1. The number of benzene rings is 2. The van der Waals surface area contributed by atoms with Crippen LogP contribution in [0.5, 0.6) is 5.75 Å². The lowest BCUT2D eigenvalue weighted by molar-refractivity contribution is 0.410. The van der Waals surface area contributed by atoms with Crippen molar-refractivity contribution in [3.8, 4) is 5.75 Å². The molecule has 0 bridgehead atoms. The van der Waals surface area contributed by atoms with E-state index < -0.39 is 0 Å². The van der Waals surface area contributed by atoms with Crippen LogP contribution in [0.1, 0.15) is 16.0 Å². The van der Waals surface area contributed by atoms with Gasteiger partial charge in [0.2, 0.25) is 0 Å². The normalized spacial score (nSPS) is 12.2. The maximum absolute atomic E-state index is 5.41. The predicted molar refractivity (Wildman–Crippen MR) is 85.6 cm³/mol. The molecule has 0 spiro atoms. The zero-order valence-electron chi connectivity index (χ0n) is 9.66. The summed E-state index contributed by atoms with van der Waals surface area (Å²) in [7, 11) is 1.69. The molecule has 0 aliphatic heterocycles. The Labute approximate surface area is 132 Å². The van der Waals surface area contributed by atoms with Gasteiger partial charge < -0.3 is 4.74 Å². The number of rotatable bonds is 3. The van der Waals surface area contributed by atoms with E-state index in [-0.39, 0.29) is 4.83 Å². The van der Waals surface area contributed by atoms with Crippen molar-refractivity contribution in [2.24, 2.45) is 0 Å². The topological polar surface area (TPSA) is 9.23 Å². The Bertz CT molecular complexity index is 537. The van der Waals surface area contributed by atoms with Gasteiger partial charge in [-0.05, 0) is 35.9 Å². The Hall–Kier alpha value is -0.320. The molecule has 0 saturated carbocycles. The number of alkyl halides is 1. The zero-order chi connectivity index (χ0) is 13.1. The van der Waals surface area contributed by atoms with Gasteiger partial charge in [-0.1, -0.05) is 59.9 Å². The maximum atomic E-state index is 5.41. The molecule has 0 amide bonds. The fourth-order valence-electron chi connectivity index (χ4n) is 1.71. The average Bonchev–Trinajstić information content (AvgIpc) is 2.39. The highest BCUT2D eigenvalue weighted by Gasteiger charge is 2.15. The van der Waals surface area contributed by atoms with Gasteiger partial charge in [-0.25, -0.2) is 0 Å². The minimum atomic E-state index is 0.109. The van der Waals surface area contributed by atoms with E-state index in [1.54, 1.807) is 7.11 Å². The largest absolute Gasteiger partial charge is 0.496 e. The first-order chi connectivity index (χ1) is 8.61. The number of hydrogen-bond donors (Lipinski definition) is 0. The third-order valence-corrected chi connectivity index (χ3v) is 4.67. The van der Waals surface area contributed by atoms with Crippen molar-refractivity contribution >= 4 is 47.8 Å². The van der Waals surface area contributed by atoms with Crippen LogP contribution in [-0.4, -0.2) is 7.11 Å². The molecule has 2 aromatic carbocycles. The van der Waals surface area contributed by atoms with Gasteiger partial charge in [0.25, 0.3) is 0 Å². The van der Waals surface area contributed by atoms with Gasteiger partial charge in [0.05, 0.1) is 11.9 Å². The van der Waals surface area contributed by atoms with Gasteiger partial charge >= 0.3 is 0 Å². The molecule has 1 atom stereocenters. The molecule has 0 radical (unpaired) electrons. The van der Waals surface area contributed by atoms with E-state index in [1.165, 1.54) is 5.56 Å². The number of hydrogen-bond acceptors (Lipinski definition) is 1. The van der Waals surface area contributed by atoms with Crippen molar-refractivity contribution in [3.05, 3.63) is 62.5 Å². The standard InChI is InChI=1S/C14H11Br3O/c1-18-13-7-6-11(16)8-12(13)14(17)9-2-4-10(15)5-3-9/h2-8,14H,1H3. The highest BCUT2D eigenvalue weighted by atomic mass is 79.9. The molecule has 1 nitrogen and oxygen atoms in total. The summed E-state index contributed by atoms with van der Waals surface area (Å²) in [6, 6.07) is 14.3. The van der Waals surface area contributed by atoms with Crippen molar-refractivity contribution in [1.82, 2.24) is 0 Å². The van der Waals surface area contributed by atoms with E-state index >= 15 is 0 Å². The fourth-order valence-corrected chi connectivity index (χ4v) is 3.02. The summed E-state index contributed by atoms with van der Waals surface area (Å²) in [6.45, 7) is 0. The molecule has 0 fully saturated rings. The highest BCUT2D eigenvalue weighted by molar-refractivity contribution is 9.10. The van der Waals surface area contributed by atoms with E-state index in [9.17, 15) is 0 Å². The summed E-state index contributed by atoms with van der Waals surface area (Å²) in [6.07, 6.45) is 0. The molecule has 0 N–H and O–H groups in total. The van der Waals surface area contributed by atoms with E-state index in [0.717, 1.165) is 20.3 Å². The molecule has 0 saturated heterocycles. The molecular formula is C14H11Br3O. The zero-order valence-corrected chi connectivity index (χ0v) is 14.4. The van der Waals surface area contributed by atoms with Gasteiger partial charge in [0, 0.05) is 14.5 Å². The monoisotopic (exact) mass is 432 g/mol. The summed E-state index contributed by atoms with van der Waals surface area (Å²) < 4.78 is 7.52. The van der Waals surface area contributed by atoms with Crippen molar-refractivity contribution in [1.29, 1.82) is 0 Å². The Kier molecular flexibility index (Phi) is 4.87. The Morgan fingerprint density at radius 3 is 2.17 bits per heavy atom. The molecule has 2 rings (SSSR count). The van der Waals surface area contributed by atoms with E-state index in [2.05, 4.69) is 66.0 Å². The first kappa shape index (κ1) is 14.1. The predicted octanol–water partition coefficient (Wildman–Crippen LogP) is 5.70. The van der Waals surface area contributed by atoms with Crippen LogP contribution in [0, 0.1) is 0 Å². The van der Waals surface area contributed by atoms with E-state index in [0.29, 0.717) is 0 Å². The third kappa shape index (κ3) is 3.16. The Morgan fingerprint density at radius 1 is 0.944 bits per heavy atom. The Morgan fingerprint density at radius 2 is 1.56 bits per heavy atom. The van der Waals surface area contributed by atoms with Gasteiger partial charge in [-0.3, -0.25) is 0 Å². The minimum Gasteiger partial charge on any atom is -0.496 e. The molecule has 0 aliphatic carbocycles. The van der Waals surface area contributed by atoms with Crippen LogP contribution >= 0.6 is 47.8 Å². The molecule has 18 heavy (non-hydrogen) atoms. The second kappa shape index (κ2) is 6.22. The summed E-state index contributed by atoms with van der Waals surface area (Å²) >= 11 is 10.7. The molecule has 94 valence electrons. The summed E-state index contributed by atoms with van der Waals surface area (Å²) in [5, 5.41) is 0. The first-order valence-electron chi connectivity index (χ1n) is 5.35. The molecule has 0 aromatic heterocycles. The van der Waals surface area contributed by atoms with Crippen LogP contribution in [0.25, 0.3) is 0 Å². The first-order valence-corrected chi connectivity index (χ1v) is 7.85. The van der Waals surface area contributed by atoms with Gasteiger partial charge in [-0.2, -0.15) is 0 Å². The lowest BCUT2D eigenvalue weighted by Gasteiger charge is -2.15. The van der Waals surface area contributed by atoms with Crippen LogP contribution in [0.4, 0.5) is 0 Å². The molecule has 2 aromatic rings. The third-order valence-electron chi connectivity index (χ3n) is 2.63. The minimum absolute atomic E-state index is 0.109. The summed E-state index contributed by atoms with van der Waals surface area (Å²) in [4.78, 5) is 0.109. The highest BCUT2D eigenvalue weighted by Crippen LogP contribution is 2.38. The van der Waals surface area contributed by atoms with Gasteiger partial charge in [0.1, 0.15) is 5.75 Å². The number of halogens is 3. The van der Waals surface area contributed by atoms with Crippen molar-refractivity contribution in [2.75, 3.05) is 7.11 Å². The summed E-state index contributed by atoms with van der Waals surface area (Å²) in [5.41, 5.74) is 2.30. The van der Waals surface area contributed by atoms with Crippen molar-refractivity contribution in [3.63, 3.8) is 0 Å². The van der Waals surface area contributed by atoms with Crippen LogP contribution in [0.3, 0.4) is 0 Å². The molecule has 0 heterocycles. The van der Waals surface area contributed by atoms with Gasteiger partial charge in [-0.15, -0.1) is 0 Å². The van der Waals surface area contributed by atoms with E-state index in [4.69, 9.17) is 4.74 Å².